The van der Waals surface area contributed by atoms with E-state index in [2.05, 4.69) is 4.98 Å². The van der Waals surface area contributed by atoms with Gasteiger partial charge >= 0.3 is 0 Å². The standard InChI is InChI=1S/C17H14FNO4S3/c1-25(20,21)14-9-5-12(6-10-14)16-15(11-3-7-13(18)8-4-11)19-17(24-16)26(2,22)23/h3-10H,1-2H3. The Labute approximate surface area is 155 Å². The minimum absolute atomic E-state index is 0.0565. The fraction of sp³-hybridized carbons (Fsp3) is 0.118. The van der Waals surface area contributed by atoms with E-state index in [1.165, 1.54) is 36.4 Å². The molecule has 1 heterocycles. The molecule has 0 fully saturated rings. The van der Waals surface area contributed by atoms with Crippen molar-refractivity contribution in [2.24, 2.45) is 0 Å². The molecule has 0 spiro atoms. The van der Waals surface area contributed by atoms with Crippen LogP contribution >= 0.6 is 11.3 Å². The Kier molecular flexibility index (Phi) is 4.72. The molecule has 0 saturated carbocycles. The van der Waals surface area contributed by atoms with Gasteiger partial charge in [0, 0.05) is 18.1 Å². The number of thiazole rings is 1. The number of hydrogen-bond donors (Lipinski definition) is 0. The van der Waals surface area contributed by atoms with Crippen LogP contribution in [0.1, 0.15) is 0 Å². The van der Waals surface area contributed by atoms with Crippen LogP contribution in [0.15, 0.2) is 57.8 Å². The van der Waals surface area contributed by atoms with Crippen LogP contribution in [0.2, 0.25) is 0 Å². The molecule has 0 atom stereocenters. The van der Waals surface area contributed by atoms with Crippen molar-refractivity contribution in [3.8, 4) is 21.7 Å². The number of sulfone groups is 2. The summed E-state index contributed by atoms with van der Waals surface area (Å²) in [6.45, 7) is 0. The van der Waals surface area contributed by atoms with Crippen LogP contribution in [0.5, 0.6) is 0 Å². The van der Waals surface area contributed by atoms with Crippen LogP contribution in [-0.4, -0.2) is 34.3 Å². The van der Waals surface area contributed by atoms with Crippen LogP contribution in [0, 0.1) is 5.82 Å². The Morgan fingerprint density at radius 2 is 1.35 bits per heavy atom. The topological polar surface area (TPSA) is 81.2 Å². The van der Waals surface area contributed by atoms with E-state index in [-0.39, 0.29) is 9.24 Å². The van der Waals surface area contributed by atoms with Gasteiger partial charge in [0.1, 0.15) is 5.82 Å². The summed E-state index contributed by atoms with van der Waals surface area (Å²) < 4.78 is 60.2. The lowest BCUT2D eigenvalue weighted by atomic mass is 10.1. The molecule has 136 valence electrons. The van der Waals surface area contributed by atoms with Gasteiger partial charge in [0.05, 0.1) is 15.5 Å². The number of benzene rings is 2. The first-order chi connectivity index (χ1) is 12.1. The number of halogens is 1. The van der Waals surface area contributed by atoms with Gasteiger partial charge in [-0.25, -0.2) is 26.2 Å². The highest BCUT2D eigenvalue weighted by Gasteiger charge is 2.21. The third-order valence-electron chi connectivity index (χ3n) is 3.59. The van der Waals surface area contributed by atoms with Crippen molar-refractivity contribution >= 4 is 31.0 Å². The highest BCUT2D eigenvalue weighted by molar-refractivity contribution is 7.92. The molecule has 0 N–H and O–H groups in total. The molecule has 0 radical (unpaired) electrons. The maximum Gasteiger partial charge on any atom is 0.210 e. The van der Waals surface area contributed by atoms with E-state index in [1.54, 1.807) is 12.1 Å². The average Bonchev–Trinajstić information content (AvgIpc) is 3.00. The molecule has 9 heteroatoms. The van der Waals surface area contributed by atoms with Crippen LogP contribution in [0.4, 0.5) is 4.39 Å². The summed E-state index contributed by atoms with van der Waals surface area (Å²) in [6.07, 6.45) is 2.18. The normalized spacial score (nSPS) is 12.3. The maximum atomic E-state index is 13.2. The van der Waals surface area contributed by atoms with Crippen LogP contribution in [-0.2, 0) is 19.7 Å². The molecule has 1 aromatic heterocycles. The van der Waals surface area contributed by atoms with Crippen molar-refractivity contribution in [1.82, 2.24) is 4.98 Å². The third kappa shape index (κ3) is 3.84. The Balaban J connectivity index is 2.19. The number of nitrogens with zero attached hydrogens (tertiary/aromatic N) is 1. The summed E-state index contributed by atoms with van der Waals surface area (Å²) in [7, 11) is -6.86. The summed E-state index contributed by atoms with van der Waals surface area (Å²) in [5, 5.41) is 0. The lowest BCUT2D eigenvalue weighted by molar-refractivity contribution is 0.599. The van der Waals surface area contributed by atoms with Gasteiger partial charge in [-0.1, -0.05) is 12.1 Å². The number of hydrogen-bond acceptors (Lipinski definition) is 6. The minimum Gasteiger partial charge on any atom is -0.224 e. The first kappa shape index (κ1) is 18.7. The van der Waals surface area contributed by atoms with E-state index in [4.69, 9.17) is 0 Å². The number of rotatable bonds is 4. The highest BCUT2D eigenvalue weighted by Crippen LogP contribution is 2.38. The van der Waals surface area contributed by atoms with Gasteiger partial charge in [-0.2, -0.15) is 0 Å². The Bertz CT molecular complexity index is 1160. The molecule has 0 saturated heterocycles. The van der Waals surface area contributed by atoms with E-state index < -0.39 is 25.5 Å². The largest absolute Gasteiger partial charge is 0.224 e. The molecule has 0 aliphatic carbocycles. The van der Waals surface area contributed by atoms with Gasteiger partial charge in [0.25, 0.3) is 0 Å². The first-order valence-corrected chi connectivity index (χ1v) is 11.9. The quantitative estimate of drug-likeness (QED) is 0.657. The van der Waals surface area contributed by atoms with Crippen molar-refractivity contribution < 1.29 is 21.2 Å². The summed E-state index contributed by atoms with van der Waals surface area (Å²) in [5.41, 5.74) is 1.60. The van der Waals surface area contributed by atoms with Crippen LogP contribution in [0.25, 0.3) is 21.7 Å². The second-order valence-electron chi connectivity index (χ2n) is 5.73. The zero-order valence-electron chi connectivity index (χ0n) is 13.8. The Morgan fingerprint density at radius 1 is 0.808 bits per heavy atom. The smallest absolute Gasteiger partial charge is 0.210 e. The van der Waals surface area contributed by atoms with Gasteiger partial charge in [0.15, 0.2) is 9.84 Å². The summed E-state index contributed by atoms with van der Waals surface area (Å²) in [4.78, 5) is 4.95. The average molecular weight is 412 g/mol. The zero-order chi connectivity index (χ0) is 19.1. The molecule has 3 aromatic rings. The number of aromatic nitrogens is 1. The summed E-state index contributed by atoms with van der Waals surface area (Å²) in [6, 6.07) is 11.7. The molecule has 0 aliphatic heterocycles. The predicted molar refractivity (Wildman–Crippen MR) is 99.2 cm³/mol. The SMILES string of the molecule is CS(=O)(=O)c1ccc(-c2sc(S(C)(=O)=O)nc2-c2ccc(F)cc2)cc1. The molecule has 0 amide bonds. The van der Waals surface area contributed by atoms with Gasteiger partial charge < -0.3 is 0 Å². The molecule has 0 unspecified atom stereocenters. The van der Waals surface area contributed by atoms with Gasteiger partial charge in [-0.15, -0.1) is 11.3 Å². The fourth-order valence-electron chi connectivity index (χ4n) is 2.31. The van der Waals surface area contributed by atoms with Crippen molar-refractivity contribution in [3.63, 3.8) is 0 Å². The molecule has 26 heavy (non-hydrogen) atoms. The van der Waals surface area contributed by atoms with E-state index in [0.717, 1.165) is 23.8 Å². The molecular weight excluding hydrogens is 397 g/mol. The highest BCUT2D eigenvalue weighted by atomic mass is 32.2. The second kappa shape index (κ2) is 6.57. The zero-order valence-corrected chi connectivity index (χ0v) is 16.3. The Hall–Kier alpha value is -2.10. The molecule has 2 aromatic carbocycles. The van der Waals surface area contributed by atoms with Crippen molar-refractivity contribution in [1.29, 1.82) is 0 Å². The van der Waals surface area contributed by atoms with Crippen molar-refractivity contribution in [2.75, 3.05) is 12.5 Å². The van der Waals surface area contributed by atoms with E-state index in [0.29, 0.717) is 21.7 Å². The van der Waals surface area contributed by atoms with E-state index in [9.17, 15) is 21.2 Å². The van der Waals surface area contributed by atoms with E-state index >= 15 is 0 Å². The molecule has 0 bridgehead atoms. The summed E-state index contributed by atoms with van der Waals surface area (Å²) >= 11 is 0.990. The maximum absolute atomic E-state index is 13.2. The molecular formula is C17H14FNO4S3. The predicted octanol–water partition coefficient (Wildman–Crippen LogP) is 3.42. The van der Waals surface area contributed by atoms with Crippen LogP contribution in [0.3, 0.4) is 0 Å². The van der Waals surface area contributed by atoms with E-state index in [1.807, 2.05) is 0 Å². The molecule has 5 nitrogen and oxygen atoms in total. The summed E-state index contributed by atoms with van der Waals surface area (Å²) in [5.74, 6) is -0.411. The second-order valence-corrected chi connectivity index (χ2v) is 10.9. The minimum atomic E-state index is -3.52. The monoisotopic (exact) mass is 411 g/mol. The fourth-order valence-corrected chi connectivity index (χ4v) is 4.88. The van der Waals surface area contributed by atoms with Gasteiger partial charge in [-0.3, -0.25) is 0 Å². The van der Waals surface area contributed by atoms with Gasteiger partial charge in [-0.05, 0) is 42.0 Å². The van der Waals surface area contributed by atoms with Crippen molar-refractivity contribution in [2.45, 2.75) is 9.24 Å². The molecule has 0 aliphatic rings. The molecule has 3 rings (SSSR count). The lowest BCUT2D eigenvalue weighted by Gasteiger charge is -2.04. The van der Waals surface area contributed by atoms with Crippen molar-refractivity contribution in [3.05, 3.63) is 54.3 Å². The van der Waals surface area contributed by atoms with Gasteiger partial charge in [0.2, 0.25) is 14.2 Å². The third-order valence-corrected chi connectivity index (χ3v) is 7.50. The first-order valence-electron chi connectivity index (χ1n) is 7.33. The Morgan fingerprint density at radius 3 is 1.85 bits per heavy atom. The van der Waals surface area contributed by atoms with Crippen LogP contribution < -0.4 is 0 Å². The lowest BCUT2D eigenvalue weighted by Crippen LogP contribution is -1.96.